The first kappa shape index (κ1) is 23.7. The summed E-state index contributed by atoms with van der Waals surface area (Å²) in [4.78, 5) is 0. The highest BCUT2D eigenvalue weighted by atomic mass is 14.1. The van der Waals surface area contributed by atoms with Crippen molar-refractivity contribution in [3.05, 3.63) is 12.2 Å². The molecule has 0 aromatic carbocycles. The molecule has 0 aliphatic heterocycles. The van der Waals surface area contributed by atoms with Crippen LogP contribution in [0, 0.1) is 5.92 Å². The van der Waals surface area contributed by atoms with Crippen LogP contribution in [0.25, 0.3) is 0 Å². The monoisotopic (exact) mass is 336 g/mol. The Morgan fingerprint density at radius 2 is 0.958 bits per heavy atom. The zero-order chi connectivity index (χ0) is 17.7. The van der Waals surface area contributed by atoms with Gasteiger partial charge in [0.1, 0.15) is 0 Å². The molecule has 0 heterocycles. The molecule has 0 bridgehead atoms. The van der Waals surface area contributed by atoms with Crippen LogP contribution in [0.5, 0.6) is 0 Å². The Kier molecular flexibility index (Phi) is 20.6. The van der Waals surface area contributed by atoms with E-state index in [1.165, 1.54) is 116 Å². The van der Waals surface area contributed by atoms with Crippen molar-refractivity contribution in [1.29, 1.82) is 0 Å². The van der Waals surface area contributed by atoms with Crippen LogP contribution in [0.1, 0.15) is 136 Å². The smallest absolute Gasteiger partial charge is 0.0351 e. The third-order valence-electron chi connectivity index (χ3n) is 5.29. The fourth-order valence-electron chi connectivity index (χ4n) is 3.68. The van der Waals surface area contributed by atoms with Crippen molar-refractivity contribution in [1.82, 2.24) is 0 Å². The largest absolute Gasteiger partial charge is 0.0885 e. The number of rotatable bonds is 19. The van der Waals surface area contributed by atoms with Gasteiger partial charge in [-0.3, -0.25) is 0 Å². The lowest BCUT2D eigenvalue weighted by Crippen LogP contribution is -2.00. The molecular weight excluding hydrogens is 288 g/mol. The van der Waals surface area contributed by atoms with E-state index in [4.69, 9.17) is 0 Å². The van der Waals surface area contributed by atoms with Crippen LogP contribution in [-0.4, -0.2) is 0 Å². The highest BCUT2D eigenvalue weighted by Crippen LogP contribution is 2.21. The molecule has 0 saturated heterocycles. The third kappa shape index (κ3) is 18.1. The predicted molar refractivity (Wildman–Crippen MR) is 113 cm³/mol. The molecule has 0 aromatic heterocycles. The highest BCUT2D eigenvalue weighted by Gasteiger charge is 2.06. The van der Waals surface area contributed by atoms with Crippen LogP contribution < -0.4 is 0 Å². The van der Waals surface area contributed by atoms with Gasteiger partial charge in [0.05, 0.1) is 0 Å². The van der Waals surface area contributed by atoms with Crippen LogP contribution in [0.15, 0.2) is 12.2 Å². The van der Waals surface area contributed by atoms with Crippen LogP contribution in [-0.2, 0) is 0 Å². The molecule has 0 radical (unpaired) electrons. The Morgan fingerprint density at radius 3 is 1.58 bits per heavy atom. The van der Waals surface area contributed by atoms with Crippen molar-refractivity contribution < 1.29 is 0 Å². The zero-order valence-electron chi connectivity index (χ0n) is 17.5. The van der Waals surface area contributed by atoms with Gasteiger partial charge in [-0.25, -0.2) is 0 Å². The summed E-state index contributed by atoms with van der Waals surface area (Å²) in [6.45, 7) is 6.95. The van der Waals surface area contributed by atoms with Gasteiger partial charge in [-0.2, -0.15) is 0 Å². The lowest BCUT2D eigenvalue weighted by Gasteiger charge is -2.15. The lowest BCUT2D eigenvalue weighted by atomic mass is 9.91. The summed E-state index contributed by atoms with van der Waals surface area (Å²) < 4.78 is 0. The Balaban J connectivity index is 3.39. The SMILES string of the molecule is CCCCCCCCCCC=CCCCC(CCC)CCCCC. The number of unbranched alkanes of at least 4 members (excludes halogenated alkanes) is 11. The molecule has 1 atom stereocenters. The molecule has 0 saturated carbocycles. The quantitative estimate of drug-likeness (QED) is 0.163. The van der Waals surface area contributed by atoms with Crippen LogP contribution in [0.3, 0.4) is 0 Å². The number of allylic oxidation sites excluding steroid dienone is 2. The van der Waals surface area contributed by atoms with Crippen molar-refractivity contribution in [3.63, 3.8) is 0 Å². The molecule has 0 amide bonds. The first-order valence-corrected chi connectivity index (χ1v) is 11.5. The van der Waals surface area contributed by atoms with E-state index < -0.39 is 0 Å². The minimum atomic E-state index is 1.00. The van der Waals surface area contributed by atoms with Crippen LogP contribution in [0.2, 0.25) is 0 Å². The molecule has 0 rings (SSSR count). The summed E-state index contributed by atoms with van der Waals surface area (Å²) in [5, 5.41) is 0. The molecule has 144 valence electrons. The minimum absolute atomic E-state index is 1.00. The highest BCUT2D eigenvalue weighted by molar-refractivity contribution is 4.81. The van der Waals surface area contributed by atoms with Crippen molar-refractivity contribution >= 4 is 0 Å². The summed E-state index contributed by atoms with van der Waals surface area (Å²) >= 11 is 0. The number of hydrogen-bond acceptors (Lipinski definition) is 0. The molecule has 24 heavy (non-hydrogen) atoms. The lowest BCUT2D eigenvalue weighted by molar-refractivity contribution is 0.389. The van der Waals surface area contributed by atoms with Gasteiger partial charge < -0.3 is 0 Å². The van der Waals surface area contributed by atoms with E-state index in [-0.39, 0.29) is 0 Å². The molecule has 1 unspecified atom stereocenters. The topological polar surface area (TPSA) is 0 Å². The Morgan fingerprint density at radius 1 is 0.458 bits per heavy atom. The van der Waals surface area contributed by atoms with Crippen molar-refractivity contribution in [2.24, 2.45) is 5.92 Å². The molecule has 0 N–H and O–H groups in total. The second-order valence-corrected chi connectivity index (χ2v) is 7.82. The maximum Gasteiger partial charge on any atom is -0.0351 e. The maximum atomic E-state index is 2.45. The molecule has 0 aliphatic rings. The van der Waals surface area contributed by atoms with Gasteiger partial charge in [0.25, 0.3) is 0 Å². The van der Waals surface area contributed by atoms with Crippen LogP contribution in [0.4, 0.5) is 0 Å². The van der Waals surface area contributed by atoms with Gasteiger partial charge in [0.2, 0.25) is 0 Å². The Bertz CT molecular complexity index is 240. The van der Waals surface area contributed by atoms with E-state index >= 15 is 0 Å². The van der Waals surface area contributed by atoms with E-state index in [9.17, 15) is 0 Å². The van der Waals surface area contributed by atoms with Gasteiger partial charge in [-0.15, -0.1) is 0 Å². The van der Waals surface area contributed by atoms with E-state index in [0.29, 0.717) is 0 Å². The Hall–Kier alpha value is -0.260. The molecule has 0 aliphatic carbocycles. The van der Waals surface area contributed by atoms with Gasteiger partial charge in [-0.1, -0.05) is 123 Å². The molecule has 0 aromatic rings. The fourth-order valence-corrected chi connectivity index (χ4v) is 3.68. The summed E-state index contributed by atoms with van der Waals surface area (Å²) in [5.74, 6) is 1.00. The van der Waals surface area contributed by atoms with Crippen molar-refractivity contribution in [2.45, 2.75) is 136 Å². The van der Waals surface area contributed by atoms with Crippen LogP contribution >= 0.6 is 0 Å². The normalized spacial score (nSPS) is 13.0. The summed E-state index contributed by atoms with van der Waals surface area (Å²) in [6, 6.07) is 0. The predicted octanol–water partition coefficient (Wildman–Crippen LogP) is 9.24. The van der Waals surface area contributed by atoms with E-state index in [2.05, 4.69) is 32.9 Å². The first-order valence-electron chi connectivity index (χ1n) is 11.5. The first-order chi connectivity index (χ1) is 11.8. The molecular formula is C24H48. The second kappa shape index (κ2) is 20.8. The molecule has 0 nitrogen and oxygen atoms in total. The minimum Gasteiger partial charge on any atom is -0.0885 e. The van der Waals surface area contributed by atoms with Crippen molar-refractivity contribution in [3.8, 4) is 0 Å². The van der Waals surface area contributed by atoms with E-state index in [1.54, 1.807) is 0 Å². The Labute approximate surface area is 154 Å². The summed E-state index contributed by atoms with van der Waals surface area (Å²) in [5.41, 5.74) is 0. The van der Waals surface area contributed by atoms with Crippen molar-refractivity contribution in [2.75, 3.05) is 0 Å². The average Bonchev–Trinajstić information content (AvgIpc) is 2.59. The average molecular weight is 337 g/mol. The van der Waals surface area contributed by atoms with E-state index in [1.807, 2.05) is 0 Å². The van der Waals surface area contributed by atoms with Gasteiger partial charge in [0, 0.05) is 0 Å². The van der Waals surface area contributed by atoms with Gasteiger partial charge in [-0.05, 0) is 31.6 Å². The number of hydrogen-bond donors (Lipinski definition) is 0. The molecule has 0 spiro atoms. The molecule has 0 fully saturated rings. The summed E-state index contributed by atoms with van der Waals surface area (Å²) in [7, 11) is 0. The maximum absolute atomic E-state index is 2.45. The fraction of sp³-hybridized carbons (Fsp3) is 0.917. The zero-order valence-corrected chi connectivity index (χ0v) is 17.5. The van der Waals surface area contributed by atoms with Gasteiger partial charge >= 0.3 is 0 Å². The standard InChI is InChI=1S/C24H48/c1-4-7-9-10-11-12-13-14-15-16-17-18-20-23-24(21-6-3)22-19-8-5-2/h16-17,24H,4-15,18-23H2,1-3H3. The van der Waals surface area contributed by atoms with E-state index in [0.717, 1.165) is 5.92 Å². The van der Waals surface area contributed by atoms with Gasteiger partial charge in [0.15, 0.2) is 0 Å². The third-order valence-corrected chi connectivity index (χ3v) is 5.29. The molecule has 0 heteroatoms. The second-order valence-electron chi connectivity index (χ2n) is 7.82. The summed E-state index contributed by atoms with van der Waals surface area (Å²) in [6.07, 6.45) is 30.4.